The van der Waals surface area contributed by atoms with E-state index in [0.29, 0.717) is 43.2 Å². The highest BCUT2D eigenvalue weighted by Crippen LogP contribution is 2.32. The number of anilines is 2. The quantitative estimate of drug-likeness (QED) is 0.390. The maximum atomic E-state index is 12.3. The molecule has 0 radical (unpaired) electrons. The lowest BCUT2D eigenvalue weighted by atomic mass is 10.1. The second-order valence-corrected chi connectivity index (χ2v) is 12.0. The number of benzene rings is 2. The summed E-state index contributed by atoms with van der Waals surface area (Å²) < 4.78 is 17.8. The van der Waals surface area contributed by atoms with E-state index in [9.17, 15) is 9.90 Å². The number of nitrogens with two attached hydrogens (primary N) is 1. The zero-order valence-electron chi connectivity index (χ0n) is 25.2. The van der Waals surface area contributed by atoms with Crippen molar-refractivity contribution in [1.29, 1.82) is 0 Å². The maximum absolute atomic E-state index is 12.3. The molecule has 0 spiro atoms. The van der Waals surface area contributed by atoms with Crippen LogP contribution in [0, 0.1) is 0 Å². The van der Waals surface area contributed by atoms with E-state index in [1.807, 2.05) is 39.0 Å². The van der Waals surface area contributed by atoms with Crippen LogP contribution in [0.2, 0.25) is 0 Å². The molecule has 2 aliphatic heterocycles. The smallest absolute Gasteiger partial charge is 0.410 e. The van der Waals surface area contributed by atoms with E-state index in [1.54, 1.807) is 29.2 Å². The van der Waals surface area contributed by atoms with Crippen LogP contribution in [0.5, 0.6) is 17.2 Å². The summed E-state index contributed by atoms with van der Waals surface area (Å²) in [4.78, 5) is 18.7. The van der Waals surface area contributed by atoms with Gasteiger partial charge in [-0.15, -0.1) is 10.2 Å². The van der Waals surface area contributed by atoms with E-state index in [1.165, 1.54) is 0 Å². The number of rotatable bonds is 8. The Bertz CT molecular complexity index is 1370. The first-order valence-electron chi connectivity index (χ1n) is 14.9. The van der Waals surface area contributed by atoms with E-state index in [-0.39, 0.29) is 23.8 Å². The van der Waals surface area contributed by atoms with Gasteiger partial charge in [0.05, 0.1) is 6.54 Å². The van der Waals surface area contributed by atoms with Crippen molar-refractivity contribution in [2.45, 2.75) is 45.3 Å². The van der Waals surface area contributed by atoms with Crippen LogP contribution >= 0.6 is 0 Å². The molecule has 3 heterocycles. The van der Waals surface area contributed by atoms with Gasteiger partial charge in [-0.3, -0.25) is 4.90 Å². The molecule has 2 aliphatic rings. The lowest BCUT2D eigenvalue weighted by molar-refractivity contribution is 0.0137. The lowest BCUT2D eigenvalue weighted by Gasteiger charge is -2.35. The number of carbonyl (C=O) groups excluding carboxylic acids is 1. The Morgan fingerprint density at radius 1 is 1.02 bits per heavy atom. The monoisotopic (exact) mass is 590 g/mol. The maximum Gasteiger partial charge on any atom is 0.410 e. The first-order valence-corrected chi connectivity index (χ1v) is 14.9. The van der Waals surface area contributed by atoms with Crippen LogP contribution in [-0.2, 0) is 4.74 Å². The van der Waals surface area contributed by atoms with Crippen LogP contribution in [0.15, 0.2) is 54.6 Å². The van der Waals surface area contributed by atoms with Crippen LogP contribution in [0.25, 0.3) is 11.3 Å². The van der Waals surface area contributed by atoms with Crippen molar-refractivity contribution in [3.05, 3.63) is 54.6 Å². The average Bonchev–Trinajstić information content (AvgIpc) is 2.99. The molecule has 0 saturated carbocycles. The summed E-state index contributed by atoms with van der Waals surface area (Å²) in [6.07, 6.45) is 1.57. The Labute approximate surface area is 253 Å². The molecule has 11 nitrogen and oxygen atoms in total. The molecule has 0 bridgehead atoms. The third-order valence-corrected chi connectivity index (χ3v) is 7.54. The highest BCUT2D eigenvalue weighted by molar-refractivity contribution is 5.69. The molecule has 230 valence electrons. The zero-order valence-corrected chi connectivity index (χ0v) is 25.2. The number of ether oxygens (including phenoxy) is 3. The summed E-state index contributed by atoms with van der Waals surface area (Å²) in [6.45, 7) is 11.6. The van der Waals surface area contributed by atoms with Crippen molar-refractivity contribution in [3.63, 3.8) is 0 Å². The van der Waals surface area contributed by atoms with Crippen molar-refractivity contribution in [3.8, 4) is 28.5 Å². The fraction of sp³-hybridized carbons (Fsp3) is 0.469. The minimum Gasteiger partial charge on any atom is -0.507 e. The Balaban J connectivity index is 1.09. The zero-order chi connectivity index (χ0) is 30.4. The van der Waals surface area contributed by atoms with Gasteiger partial charge < -0.3 is 34.9 Å². The summed E-state index contributed by atoms with van der Waals surface area (Å²) >= 11 is 0. The van der Waals surface area contributed by atoms with Crippen LogP contribution in [0.3, 0.4) is 0 Å². The van der Waals surface area contributed by atoms with Gasteiger partial charge in [-0.05, 0) is 70.0 Å². The van der Waals surface area contributed by atoms with Crippen LogP contribution in [-0.4, -0.2) is 95.3 Å². The molecular formula is C32H42N6O5. The first-order chi connectivity index (χ1) is 20.6. The Morgan fingerprint density at radius 2 is 1.77 bits per heavy atom. The molecule has 2 saturated heterocycles. The third kappa shape index (κ3) is 8.19. The minimum absolute atomic E-state index is 0.0656. The van der Waals surface area contributed by atoms with Gasteiger partial charge in [0.25, 0.3) is 0 Å². The van der Waals surface area contributed by atoms with Gasteiger partial charge in [-0.2, -0.15) is 0 Å². The van der Waals surface area contributed by atoms with Crippen molar-refractivity contribution in [2.75, 3.05) is 63.1 Å². The average molecular weight is 591 g/mol. The number of hydrogen-bond acceptors (Lipinski definition) is 10. The summed E-state index contributed by atoms with van der Waals surface area (Å²) in [5.41, 5.74) is 7.81. The number of amides is 1. The molecule has 5 rings (SSSR count). The summed E-state index contributed by atoms with van der Waals surface area (Å²) in [5, 5.41) is 18.4. The van der Waals surface area contributed by atoms with Crippen molar-refractivity contribution >= 4 is 17.6 Å². The summed E-state index contributed by atoms with van der Waals surface area (Å²) in [6, 6.07) is 16.9. The number of aromatic hydroxyl groups is 1. The van der Waals surface area contributed by atoms with E-state index in [4.69, 9.17) is 19.9 Å². The van der Waals surface area contributed by atoms with Gasteiger partial charge >= 0.3 is 6.09 Å². The normalized spacial score (nSPS) is 17.9. The van der Waals surface area contributed by atoms with Gasteiger partial charge in [0.1, 0.15) is 35.5 Å². The number of piperazine rings is 1. The summed E-state index contributed by atoms with van der Waals surface area (Å²) in [5.74, 6) is 1.65. The number of aromatic nitrogens is 2. The van der Waals surface area contributed by atoms with Crippen LogP contribution < -0.4 is 20.1 Å². The molecular weight excluding hydrogens is 548 g/mol. The first kappa shape index (κ1) is 30.2. The molecule has 0 aliphatic carbocycles. The van der Waals surface area contributed by atoms with Gasteiger partial charge in [-0.25, -0.2) is 4.79 Å². The topological polar surface area (TPSA) is 127 Å². The van der Waals surface area contributed by atoms with Crippen molar-refractivity contribution < 1.29 is 24.1 Å². The molecule has 1 aromatic heterocycles. The number of nitrogen functional groups attached to an aromatic ring is 1. The predicted molar refractivity (Wildman–Crippen MR) is 166 cm³/mol. The van der Waals surface area contributed by atoms with E-state index in [0.717, 1.165) is 50.5 Å². The Kier molecular flexibility index (Phi) is 9.40. The number of carbonyl (C=O) groups is 1. The molecule has 0 unspecified atom stereocenters. The Hall–Kier alpha value is -4.25. The van der Waals surface area contributed by atoms with Crippen LogP contribution in [0.4, 0.5) is 16.3 Å². The summed E-state index contributed by atoms with van der Waals surface area (Å²) in [7, 11) is 0. The fourth-order valence-corrected chi connectivity index (χ4v) is 5.28. The number of piperidine rings is 1. The van der Waals surface area contributed by atoms with Crippen LogP contribution in [0.1, 0.15) is 33.6 Å². The number of nitrogens with zero attached hydrogens (tertiary/aromatic N) is 5. The minimum atomic E-state index is -0.479. The highest BCUT2D eigenvalue weighted by atomic mass is 16.6. The van der Waals surface area contributed by atoms with Gasteiger partial charge in [0.2, 0.25) is 0 Å². The van der Waals surface area contributed by atoms with Crippen molar-refractivity contribution in [1.82, 2.24) is 20.0 Å². The van der Waals surface area contributed by atoms with E-state index in [2.05, 4.69) is 32.1 Å². The molecule has 3 aromatic rings. The number of para-hydroxylation sites is 1. The van der Waals surface area contributed by atoms with Gasteiger partial charge in [0.15, 0.2) is 11.6 Å². The predicted octanol–water partition coefficient (Wildman–Crippen LogP) is 4.41. The standard InChI is InChI=1S/C32H42N6O5/c1-32(2,3)43-31(40)37-17-15-36(16-18-37)19-20-41-24-12-10-23(11-13-24)38-14-6-7-25(22-38)42-29-21-27(34-35-30(29)33)26-8-4-5-9-28(26)39/h4-5,8-13,21,25,39H,6-7,14-20,22H2,1-3H3,(H2,33,35)/t25-/m1/s1. The molecule has 1 amide bonds. The lowest BCUT2D eigenvalue weighted by Crippen LogP contribution is -2.50. The third-order valence-electron chi connectivity index (χ3n) is 7.54. The molecule has 2 fully saturated rings. The Morgan fingerprint density at radius 3 is 2.49 bits per heavy atom. The van der Waals surface area contributed by atoms with E-state index < -0.39 is 5.60 Å². The largest absolute Gasteiger partial charge is 0.507 e. The second-order valence-electron chi connectivity index (χ2n) is 12.0. The number of phenolic OH excluding ortho intramolecular Hbond substituents is 1. The number of phenols is 1. The molecule has 2 aromatic carbocycles. The molecule has 11 heteroatoms. The van der Waals surface area contributed by atoms with Gasteiger partial charge in [-0.1, -0.05) is 12.1 Å². The fourth-order valence-electron chi connectivity index (χ4n) is 5.28. The molecule has 3 N–H and O–H groups in total. The SMILES string of the molecule is CC(C)(C)OC(=O)N1CCN(CCOc2ccc(N3CCC[C@@H](Oc4cc(-c5ccccc5O)nnc4N)C3)cc2)CC1. The molecule has 43 heavy (non-hydrogen) atoms. The highest BCUT2D eigenvalue weighted by Gasteiger charge is 2.26. The second kappa shape index (κ2) is 13.4. The number of hydrogen-bond donors (Lipinski definition) is 2. The van der Waals surface area contributed by atoms with Crippen molar-refractivity contribution in [2.24, 2.45) is 0 Å². The van der Waals surface area contributed by atoms with Gasteiger partial charge in [0, 0.05) is 56.6 Å². The van der Waals surface area contributed by atoms with E-state index >= 15 is 0 Å². The molecule has 1 atom stereocenters.